The number of fused-ring (bicyclic) bond motifs is 1. The van der Waals surface area contributed by atoms with Gasteiger partial charge in [-0.3, -0.25) is 4.40 Å². The highest BCUT2D eigenvalue weighted by atomic mass is 16.4. The molecule has 0 spiro atoms. The van der Waals surface area contributed by atoms with E-state index in [9.17, 15) is 9.90 Å². The third kappa shape index (κ3) is 2.09. The van der Waals surface area contributed by atoms with Gasteiger partial charge in [-0.05, 0) is 18.8 Å². The molecule has 0 aliphatic heterocycles. The van der Waals surface area contributed by atoms with Gasteiger partial charge in [0.25, 0.3) is 0 Å². The molecule has 0 aromatic carbocycles. The molecule has 20 heavy (non-hydrogen) atoms. The van der Waals surface area contributed by atoms with Gasteiger partial charge in [-0.25, -0.2) is 9.78 Å². The number of carboxylic acids is 1. The van der Waals surface area contributed by atoms with Gasteiger partial charge in [0.2, 0.25) is 5.65 Å². The van der Waals surface area contributed by atoms with E-state index in [1.54, 1.807) is 23.1 Å². The molecule has 2 heterocycles. The lowest BCUT2D eigenvalue weighted by Crippen LogP contribution is -2.49. The van der Waals surface area contributed by atoms with Crippen molar-refractivity contribution in [1.82, 2.24) is 19.6 Å². The lowest BCUT2D eigenvalue weighted by Gasteiger charge is -2.37. The summed E-state index contributed by atoms with van der Waals surface area (Å²) in [4.78, 5) is 16.0. The van der Waals surface area contributed by atoms with E-state index >= 15 is 0 Å². The summed E-state index contributed by atoms with van der Waals surface area (Å²) in [6.07, 6.45) is 8.08. The van der Waals surface area contributed by atoms with Gasteiger partial charge in [0.05, 0.1) is 0 Å². The van der Waals surface area contributed by atoms with Gasteiger partial charge < -0.3 is 10.4 Å². The molecule has 1 fully saturated rings. The fourth-order valence-corrected chi connectivity index (χ4v) is 2.99. The molecular formula is C13H17N5O2. The van der Waals surface area contributed by atoms with Crippen LogP contribution in [-0.2, 0) is 4.79 Å². The number of carboxylic acid groups (broad SMARTS) is 1. The molecule has 3 rings (SSSR count). The minimum absolute atomic E-state index is 0.380. The Kier molecular flexibility index (Phi) is 3.04. The summed E-state index contributed by atoms with van der Waals surface area (Å²) in [5, 5.41) is 20.6. The van der Waals surface area contributed by atoms with Crippen LogP contribution < -0.4 is 5.32 Å². The van der Waals surface area contributed by atoms with Gasteiger partial charge in [-0.1, -0.05) is 19.8 Å². The predicted octanol–water partition coefficient (Wildman–Crippen LogP) is 1.57. The Morgan fingerprint density at radius 2 is 2.45 bits per heavy atom. The van der Waals surface area contributed by atoms with Crippen LogP contribution in [0.15, 0.2) is 18.7 Å². The number of carbonyl (C=O) groups is 1. The summed E-state index contributed by atoms with van der Waals surface area (Å²) in [7, 11) is 0. The van der Waals surface area contributed by atoms with Crippen molar-refractivity contribution >= 4 is 17.4 Å². The molecule has 0 amide bonds. The van der Waals surface area contributed by atoms with Gasteiger partial charge >= 0.3 is 5.97 Å². The maximum atomic E-state index is 11.8. The summed E-state index contributed by atoms with van der Waals surface area (Å²) in [6, 6.07) is 0. The second kappa shape index (κ2) is 4.73. The van der Waals surface area contributed by atoms with Crippen LogP contribution in [0.5, 0.6) is 0 Å². The van der Waals surface area contributed by atoms with Crippen molar-refractivity contribution in [2.45, 2.75) is 38.1 Å². The first-order chi connectivity index (χ1) is 9.61. The van der Waals surface area contributed by atoms with Gasteiger partial charge in [-0.2, -0.15) is 0 Å². The van der Waals surface area contributed by atoms with Crippen molar-refractivity contribution in [1.29, 1.82) is 0 Å². The molecule has 2 N–H and O–H groups in total. The Morgan fingerprint density at radius 1 is 1.60 bits per heavy atom. The van der Waals surface area contributed by atoms with Crippen LogP contribution >= 0.6 is 0 Å². The normalized spacial score (nSPS) is 26.6. The Hall–Kier alpha value is -2.18. The molecule has 1 saturated carbocycles. The quantitative estimate of drug-likeness (QED) is 0.883. The van der Waals surface area contributed by atoms with E-state index in [1.807, 2.05) is 0 Å². The smallest absolute Gasteiger partial charge is 0.329 e. The Morgan fingerprint density at radius 3 is 3.20 bits per heavy atom. The van der Waals surface area contributed by atoms with E-state index in [0.29, 0.717) is 30.2 Å². The van der Waals surface area contributed by atoms with Crippen LogP contribution in [0, 0.1) is 5.92 Å². The molecule has 1 aliphatic rings. The zero-order valence-electron chi connectivity index (χ0n) is 11.3. The van der Waals surface area contributed by atoms with Crippen molar-refractivity contribution in [2.24, 2.45) is 5.92 Å². The molecule has 1 aliphatic carbocycles. The average Bonchev–Trinajstić information content (AvgIpc) is 2.88. The highest BCUT2D eigenvalue weighted by Gasteiger charge is 2.42. The monoisotopic (exact) mass is 275 g/mol. The summed E-state index contributed by atoms with van der Waals surface area (Å²) >= 11 is 0. The zero-order valence-corrected chi connectivity index (χ0v) is 11.3. The van der Waals surface area contributed by atoms with Crippen molar-refractivity contribution < 1.29 is 9.90 Å². The van der Waals surface area contributed by atoms with Crippen molar-refractivity contribution in [2.75, 3.05) is 5.32 Å². The first-order valence-electron chi connectivity index (χ1n) is 6.77. The van der Waals surface area contributed by atoms with E-state index in [4.69, 9.17) is 0 Å². The van der Waals surface area contributed by atoms with Crippen LogP contribution in [0.1, 0.15) is 32.6 Å². The molecule has 0 radical (unpaired) electrons. The number of hydrogen-bond acceptors (Lipinski definition) is 5. The number of nitrogens with zero attached hydrogens (tertiary/aromatic N) is 4. The highest BCUT2D eigenvalue weighted by molar-refractivity contribution is 5.84. The summed E-state index contributed by atoms with van der Waals surface area (Å²) in [5.41, 5.74) is -0.412. The van der Waals surface area contributed by atoms with Gasteiger partial charge in [0, 0.05) is 12.4 Å². The Balaban J connectivity index is 1.98. The third-order valence-corrected chi connectivity index (χ3v) is 3.98. The largest absolute Gasteiger partial charge is 0.480 e. The maximum absolute atomic E-state index is 11.8. The highest BCUT2D eigenvalue weighted by Crippen LogP contribution is 2.35. The molecule has 7 heteroatoms. The van der Waals surface area contributed by atoms with Crippen LogP contribution in [0.4, 0.5) is 5.82 Å². The van der Waals surface area contributed by atoms with Crippen LogP contribution in [0.2, 0.25) is 0 Å². The lowest BCUT2D eigenvalue weighted by atomic mass is 9.76. The second-order valence-electron chi connectivity index (χ2n) is 5.55. The summed E-state index contributed by atoms with van der Waals surface area (Å²) < 4.78 is 1.72. The fourth-order valence-electron chi connectivity index (χ4n) is 2.99. The number of aliphatic carboxylic acids is 1. The van der Waals surface area contributed by atoms with E-state index < -0.39 is 11.5 Å². The van der Waals surface area contributed by atoms with Crippen molar-refractivity contribution in [3.05, 3.63) is 18.7 Å². The standard InChI is InChI=1S/C13H17N5O2/c1-9-3-2-4-13(7-9,12(19)20)16-10-11-17-15-8-18(11)6-5-14-10/h5-6,8-9H,2-4,7H2,1H3,(H,14,16)(H,19,20). The minimum atomic E-state index is -0.960. The summed E-state index contributed by atoms with van der Waals surface area (Å²) in [5.74, 6) is 0.0267. The van der Waals surface area contributed by atoms with Gasteiger partial charge in [-0.15, -0.1) is 10.2 Å². The minimum Gasteiger partial charge on any atom is -0.480 e. The average molecular weight is 275 g/mol. The van der Waals surface area contributed by atoms with Crippen molar-refractivity contribution in [3.8, 4) is 0 Å². The number of rotatable bonds is 3. The van der Waals surface area contributed by atoms with Crippen molar-refractivity contribution in [3.63, 3.8) is 0 Å². The Labute approximate surface area is 116 Å². The maximum Gasteiger partial charge on any atom is 0.329 e. The third-order valence-electron chi connectivity index (χ3n) is 3.98. The number of anilines is 1. The van der Waals surface area contributed by atoms with Gasteiger partial charge in [0.1, 0.15) is 11.9 Å². The van der Waals surface area contributed by atoms with Crippen LogP contribution in [0.3, 0.4) is 0 Å². The fraction of sp³-hybridized carbons (Fsp3) is 0.538. The number of hydrogen-bond donors (Lipinski definition) is 2. The first-order valence-corrected chi connectivity index (χ1v) is 6.77. The topological polar surface area (TPSA) is 92.4 Å². The van der Waals surface area contributed by atoms with Crippen LogP contribution in [-0.4, -0.2) is 36.2 Å². The molecule has 2 unspecified atom stereocenters. The van der Waals surface area contributed by atoms with E-state index in [1.165, 1.54) is 0 Å². The predicted molar refractivity (Wildman–Crippen MR) is 72.4 cm³/mol. The van der Waals surface area contributed by atoms with E-state index in [-0.39, 0.29) is 0 Å². The van der Waals surface area contributed by atoms with E-state index in [0.717, 1.165) is 12.8 Å². The molecule has 2 atom stereocenters. The molecule has 2 aromatic rings. The number of aromatic nitrogens is 4. The van der Waals surface area contributed by atoms with Crippen LogP contribution in [0.25, 0.3) is 5.65 Å². The van der Waals surface area contributed by atoms with E-state index in [2.05, 4.69) is 27.4 Å². The molecule has 0 saturated heterocycles. The summed E-state index contributed by atoms with van der Waals surface area (Å²) in [6.45, 7) is 2.09. The lowest BCUT2D eigenvalue weighted by molar-refractivity contribution is -0.144. The molecule has 106 valence electrons. The second-order valence-corrected chi connectivity index (χ2v) is 5.55. The molecule has 2 aromatic heterocycles. The van der Waals surface area contributed by atoms with Gasteiger partial charge in [0.15, 0.2) is 5.82 Å². The Bertz CT molecular complexity index is 640. The zero-order chi connectivity index (χ0) is 14.2. The SMILES string of the molecule is CC1CCCC(Nc2nccn3cnnc23)(C(=O)O)C1. The number of nitrogens with one attached hydrogen (secondary N) is 1. The molecule has 7 nitrogen and oxygen atoms in total. The molecular weight excluding hydrogens is 258 g/mol. The molecule has 0 bridgehead atoms. The first kappa shape index (κ1) is 12.8.